The molecule has 0 aromatic heterocycles. The molecule has 0 radical (unpaired) electrons. The Hall–Kier alpha value is -1.71. The van der Waals surface area contributed by atoms with Crippen LogP contribution in [-0.2, 0) is 16.1 Å². The Bertz CT molecular complexity index is 529. The molecule has 3 rings (SSSR count). The first-order valence-corrected chi connectivity index (χ1v) is 6.72. The maximum atomic E-state index is 13.2. The van der Waals surface area contributed by atoms with E-state index in [0.717, 1.165) is 18.4 Å². The summed E-state index contributed by atoms with van der Waals surface area (Å²) in [5.41, 5.74) is 0.743. The maximum Gasteiger partial charge on any atom is 0.223 e. The highest BCUT2D eigenvalue weighted by Crippen LogP contribution is 2.35. The van der Waals surface area contributed by atoms with Gasteiger partial charge in [-0.05, 0) is 36.5 Å². The lowest BCUT2D eigenvalue weighted by Crippen LogP contribution is -2.42. The van der Waals surface area contributed by atoms with Crippen molar-refractivity contribution in [2.75, 3.05) is 0 Å². The van der Waals surface area contributed by atoms with Crippen LogP contribution in [0.4, 0.5) is 4.39 Å². The number of hydrogen-bond acceptors (Lipinski definition) is 2. The average Bonchev–Trinajstić information content (AvgIpc) is 2.67. The van der Waals surface area contributed by atoms with Crippen molar-refractivity contribution in [1.29, 1.82) is 0 Å². The van der Waals surface area contributed by atoms with Crippen molar-refractivity contribution in [3.8, 4) is 0 Å². The van der Waals surface area contributed by atoms with Crippen molar-refractivity contribution < 1.29 is 14.0 Å². The largest absolute Gasteiger partial charge is 0.328 e. The maximum absolute atomic E-state index is 13.2. The van der Waals surface area contributed by atoms with Gasteiger partial charge in [-0.2, -0.15) is 0 Å². The molecule has 1 aromatic rings. The van der Waals surface area contributed by atoms with Crippen LogP contribution in [0.2, 0.25) is 0 Å². The second-order valence-corrected chi connectivity index (χ2v) is 5.42. The van der Waals surface area contributed by atoms with Crippen LogP contribution in [0.1, 0.15) is 31.2 Å². The third-order valence-corrected chi connectivity index (χ3v) is 4.11. The Morgan fingerprint density at radius 1 is 1.32 bits per heavy atom. The van der Waals surface area contributed by atoms with Gasteiger partial charge in [0.25, 0.3) is 0 Å². The third-order valence-electron chi connectivity index (χ3n) is 4.11. The molecule has 3 nitrogen and oxygen atoms in total. The monoisotopic (exact) mass is 261 g/mol. The zero-order chi connectivity index (χ0) is 13.4. The van der Waals surface area contributed by atoms with Gasteiger partial charge in [0.1, 0.15) is 5.82 Å². The highest BCUT2D eigenvalue weighted by atomic mass is 19.1. The number of Topliss-reactive ketones (excluding diaryl/α,β-unsaturated/α-hetero) is 1. The van der Waals surface area contributed by atoms with E-state index in [-0.39, 0.29) is 29.5 Å². The van der Waals surface area contributed by atoms with Crippen LogP contribution in [0.5, 0.6) is 0 Å². The predicted molar refractivity (Wildman–Crippen MR) is 67.7 cm³/mol. The van der Waals surface area contributed by atoms with Crippen LogP contribution in [0, 0.1) is 11.7 Å². The molecule has 0 bridgehead atoms. The summed E-state index contributed by atoms with van der Waals surface area (Å²) in [5.74, 6) is 0.0472. The molecule has 4 heteroatoms. The van der Waals surface area contributed by atoms with Gasteiger partial charge >= 0.3 is 0 Å². The van der Waals surface area contributed by atoms with Crippen LogP contribution < -0.4 is 0 Å². The van der Waals surface area contributed by atoms with Crippen molar-refractivity contribution in [2.45, 2.75) is 38.3 Å². The number of nitrogens with zero attached hydrogens (tertiary/aromatic N) is 1. The van der Waals surface area contributed by atoms with Gasteiger partial charge < -0.3 is 4.90 Å². The van der Waals surface area contributed by atoms with Gasteiger partial charge in [-0.15, -0.1) is 0 Å². The van der Waals surface area contributed by atoms with Crippen LogP contribution in [0.25, 0.3) is 0 Å². The number of carbonyl (C=O) groups is 2. The minimum Gasteiger partial charge on any atom is -0.328 e. The Morgan fingerprint density at radius 3 is 2.95 bits per heavy atom. The Kier molecular flexibility index (Phi) is 3.09. The normalized spacial score (nSPS) is 26.7. The lowest BCUT2D eigenvalue weighted by Gasteiger charge is -2.30. The molecular weight excluding hydrogens is 245 g/mol. The molecule has 1 aliphatic carbocycles. The number of ketones is 1. The van der Waals surface area contributed by atoms with Crippen molar-refractivity contribution in [3.05, 3.63) is 35.6 Å². The average molecular weight is 261 g/mol. The van der Waals surface area contributed by atoms with Crippen LogP contribution in [-0.4, -0.2) is 22.6 Å². The van der Waals surface area contributed by atoms with E-state index in [2.05, 4.69) is 0 Å². The number of rotatable bonds is 2. The van der Waals surface area contributed by atoms with Crippen molar-refractivity contribution >= 4 is 11.7 Å². The molecule has 1 aliphatic heterocycles. The molecular formula is C15H16FNO2. The number of likely N-dealkylation sites (tertiary alicyclic amines) is 1. The zero-order valence-corrected chi connectivity index (χ0v) is 10.6. The molecule has 2 aliphatic rings. The lowest BCUT2D eigenvalue weighted by molar-refractivity contribution is -0.135. The molecule has 1 amide bonds. The van der Waals surface area contributed by atoms with Crippen molar-refractivity contribution in [1.82, 2.24) is 4.90 Å². The summed E-state index contributed by atoms with van der Waals surface area (Å²) in [4.78, 5) is 25.7. The second-order valence-electron chi connectivity index (χ2n) is 5.42. The summed E-state index contributed by atoms with van der Waals surface area (Å²) in [6.45, 7) is 0.337. The first-order chi connectivity index (χ1) is 9.15. The molecule has 2 atom stereocenters. The van der Waals surface area contributed by atoms with Crippen molar-refractivity contribution in [3.63, 3.8) is 0 Å². The van der Waals surface area contributed by atoms with Crippen LogP contribution in [0.3, 0.4) is 0 Å². The third kappa shape index (κ3) is 2.27. The summed E-state index contributed by atoms with van der Waals surface area (Å²) in [7, 11) is 0. The van der Waals surface area contributed by atoms with E-state index in [9.17, 15) is 14.0 Å². The molecule has 100 valence electrons. The van der Waals surface area contributed by atoms with E-state index in [0.29, 0.717) is 19.4 Å². The molecule has 2 fully saturated rings. The Balaban J connectivity index is 1.83. The van der Waals surface area contributed by atoms with E-state index in [1.165, 1.54) is 12.1 Å². The number of fused-ring (bicyclic) bond motifs is 1. The lowest BCUT2D eigenvalue weighted by atomic mass is 9.84. The molecule has 1 saturated heterocycles. The minimum atomic E-state index is -0.310. The zero-order valence-electron chi connectivity index (χ0n) is 10.6. The molecule has 19 heavy (non-hydrogen) atoms. The molecule has 1 aromatic carbocycles. The predicted octanol–water partition coefficient (Wildman–Crippen LogP) is 2.30. The van der Waals surface area contributed by atoms with Gasteiger partial charge in [0.2, 0.25) is 5.91 Å². The fourth-order valence-corrected chi connectivity index (χ4v) is 3.26. The molecule has 1 heterocycles. The van der Waals surface area contributed by atoms with Gasteiger partial charge in [0.15, 0.2) is 5.78 Å². The first-order valence-electron chi connectivity index (χ1n) is 6.72. The molecule has 0 unspecified atom stereocenters. The van der Waals surface area contributed by atoms with Gasteiger partial charge in [-0.3, -0.25) is 9.59 Å². The SMILES string of the molecule is O=C1CCC[C@H]2CC(=O)N(Cc3cccc(F)c3)[C@H]12. The standard InChI is InChI=1S/C15H16FNO2/c16-12-5-1-3-10(7-12)9-17-14(19)8-11-4-2-6-13(18)15(11)17/h1,3,5,7,11,15H,2,4,6,8-9H2/t11-,15-/m0/s1. The number of hydrogen-bond donors (Lipinski definition) is 0. The van der Waals surface area contributed by atoms with Crippen LogP contribution >= 0.6 is 0 Å². The number of amides is 1. The molecule has 1 saturated carbocycles. The summed E-state index contributed by atoms with van der Waals surface area (Å²) in [6.07, 6.45) is 2.86. The summed E-state index contributed by atoms with van der Waals surface area (Å²) >= 11 is 0. The Morgan fingerprint density at radius 2 is 2.16 bits per heavy atom. The van der Waals surface area contributed by atoms with Gasteiger partial charge in [-0.1, -0.05) is 12.1 Å². The van der Waals surface area contributed by atoms with Gasteiger partial charge in [0, 0.05) is 19.4 Å². The van der Waals surface area contributed by atoms with E-state index in [1.54, 1.807) is 17.0 Å². The fourth-order valence-electron chi connectivity index (χ4n) is 3.26. The smallest absolute Gasteiger partial charge is 0.223 e. The topological polar surface area (TPSA) is 37.4 Å². The first kappa shape index (κ1) is 12.3. The summed E-state index contributed by atoms with van der Waals surface area (Å²) < 4.78 is 13.2. The van der Waals surface area contributed by atoms with Crippen LogP contribution in [0.15, 0.2) is 24.3 Å². The summed E-state index contributed by atoms with van der Waals surface area (Å²) in [5, 5.41) is 0. The highest BCUT2D eigenvalue weighted by molar-refractivity contribution is 5.93. The number of carbonyl (C=O) groups excluding carboxylic acids is 2. The van der Waals surface area contributed by atoms with E-state index in [4.69, 9.17) is 0 Å². The van der Waals surface area contributed by atoms with Gasteiger partial charge in [0.05, 0.1) is 6.04 Å². The summed E-state index contributed by atoms with van der Waals surface area (Å²) in [6, 6.07) is 5.95. The second kappa shape index (κ2) is 4.76. The fraction of sp³-hybridized carbons (Fsp3) is 0.467. The number of halogens is 1. The van der Waals surface area contributed by atoms with E-state index >= 15 is 0 Å². The van der Waals surface area contributed by atoms with E-state index < -0.39 is 0 Å². The minimum absolute atomic E-state index is 0.0227. The number of benzene rings is 1. The molecule has 0 spiro atoms. The van der Waals surface area contributed by atoms with Crippen molar-refractivity contribution in [2.24, 2.45) is 5.92 Å². The Labute approximate surface area is 111 Å². The quantitative estimate of drug-likeness (QED) is 0.819. The van der Waals surface area contributed by atoms with Gasteiger partial charge in [-0.25, -0.2) is 4.39 Å². The highest BCUT2D eigenvalue weighted by Gasteiger charge is 2.45. The molecule has 0 N–H and O–H groups in total. The van der Waals surface area contributed by atoms with E-state index in [1.807, 2.05) is 0 Å².